The number of ether oxygens (including phenoxy) is 1. The minimum atomic E-state index is 0.126. The molecule has 0 fully saturated rings. The van der Waals surface area contributed by atoms with Crippen LogP contribution in [0, 0.1) is 5.92 Å². The average molecular weight is 266 g/mol. The normalized spacial score (nSPS) is 10.6. The van der Waals surface area contributed by atoms with Gasteiger partial charge in [0, 0.05) is 18.3 Å². The van der Waals surface area contributed by atoms with E-state index in [1.165, 1.54) is 0 Å². The van der Waals surface area contributed by atoms with E-state index in [4.69, 9.17) is 4.74 Å². The summed E-state index contributed by atoms with van der Waals surface area (Å²) in [5.41, 5.74) is 0. The summed E-state index contributed by atoms with van der Waals surface area (Å²) < 4.78 is 5.20. The lowest BCUT2D eigenvalue weighted by molar-refractivity contribution is -0.121. The van der Waals surface area contributed by atoms with Crippen molar-refractivity contribution in [3.8, 4) is 0 Å². The van der Waals surface area contributed by atoms with Crippen LogP contribution in [0.1, 0.15) is 26.7 Å². The Kier molecular flexibility index (Phi) is 9.40. The van der Waals surface area contributed by atoms with E-state index in [-0.39, 0.29) is 5.91 Å². The molecule has 0 aliphatic rings. The Bertz CT molecular complexity index is 151. The monoisotopic (exact) mass is 265 g/mol. The van der Waals surface area contributed by atoms with Gasteiger partial charge in [-0.15, -0.1) is 0 Å². The fourth-order valence-corrected chi connectivity index (χ4v) is 1.16. The van der Waals surface area contributed by atoms with Crippen LogP contribution in [0.5, 0.6) is 0 Å². The Morgan fingerprint density at radius 3 is 2.71 bits per heavy atom. The highest BCUT2D eigenvalue weighted by molar-refractivity contribution is 9.09. The van der Waals surface area contributed by atoms with Crippen LogP contribution in [-0.4, -0.2) is 31.0 Å². The summed E-state index contributed by atoms with van der Waals surface area (Å²) in [5, 5.41) is 3.66. The smallest absolute Gasteiger partial charge is 0.220 e. The molecule has 1 amide bonds. The zero-order valence-corrected chi connectivity index (χ0v) is 10.6. The van der Waals surface area contributed by atoms with Crippen molar-refractivity contribution in [2.24, 2.45) is 5.92 Å². The van der Waals surface area contributed by atoms with Gasteiger partial charge in [0.1, 0.15) is 0 Å². The number of rotatable bonds is 8. The maximum absolute atomic E-state index is 11.2. The van der Waals surface area contributed by atoms with E-state index in [9.17, 15) is 4.79 Å². The minimum absolute atomic E-state index is 0.126. The van der Waals surface area contributed by atoms with Crippen molar-refractivity contribution in [3.63, 3.8) is 0 Å². The van der Waals surface area contributed by atoms with Crippen molar-refractivity contribution in [3.05, 3.63) is 0 Å². The Labute approximate surface area is 94.7 Å². The highest BCUT2D eigenvalue weighted by atomic mass is 79.9. The molecule has 1 N–H and O–H groups in total. The standard InChI is InChI=1S/C10H20BrNO2/c1-9(2)3-4-10(13)12-6-8-14-7-5-11/h9H,3-8H2,1-2H3,(H,12,13). The SMILES string of the molecule is CC(C)CCC(=O)NCCOCCBr. The summed E-state index contributed by atoms with van der Waals surface area (Å²) in [6.45, 7) is 6.14. The van der Waals surface area contributed by atoms with Crippen LogP contribution < -0.4 is 5.32 Å². The molecule has 14 heavy (non-hydrogen) atoms. The molecule has 0 saturated carbocycles. The molecule has 0 aliphatic carbocycles. The molecule has 0 heterocycles. The number of alkyl halides is 1. The molecule has 0 unspecified atom stereocenters. The van der Waals surface area contributed by atoms with E-state index < -0.39 is 0 Å². The molecule has 0 rings (SSSR count). The van der Waals surface area contributed by atoms with E-state index in [2.05, 4.69) is 35.1 Å². The van der Waals surface area contributed by atoms with Gasteiger partial charge in [-0.3, -0.25) is 4.79 Å². The van der Waals surface area contributed by atoms with E-state index in [1.807, 2.05) is 0 Å². The molecule has 0 bridgehead atoms. The molecule has 4 heteroatoms. The summed E-state index contributed by atoms with van der Waals surface area (Å²) in [6, 6.07) is 0. The maximum Gasteiger partial charge on any atom is 0.220 e. The summed E-state index contributed by atoms with van der Waals surface area (Å²) in [6.07, 6.45) is 1.57. The quantitative estimate of drug-likeness (QED) is 0.538. The second-order valence-electron chi connectivity index (χ2n) is 3.58. The number of carbonyl (C=O) groups excluding carboxylic acids is 1. The highest BCUT2D eigenvalue weighted by Gasteiger charge is 2.01. The lowest BCUT2D eigenvalue weighted by Crippen LogP contribution is -2.27. The molecular weight excluding hydrogens is 246 g/mol. The van der Waals surface area contributed by atoms with Crippen molar-refractivity contribution < 1.29 is 9.53 Å². The van der Waals surface area contributed by atoms with E-state index >= 15 is 0 Å². The van der Waals surface area contributed by atoms with Gasteiger partial charge in [-0.25, -0.2) is 0 Å². The van der Waals surface area contributed by atoms with Gasteiger partial charge in [0.05, 0.1) is 13.2 Å². The first-order valence-electron chi connectivity index (χ1n) is 5.07. The number of hydrogen-bond donors (Lipinski definition) is 1. The summed E-state index contributed by atoms with van der Waals surface area (Å²) in [5.74, 6) is 0.714. The average Bonchev–Trinajstić information content (AvgIpc) is 2.14. The molecule has 3 nitrogen and oxygen atoms in total. The molecule has 0 spiro atoms. The van der Waals surface area contributed by atoms with Crippen LogP contribution in [0.3, 0.4) is 0 Å². The van der Waals surface area contributed by atoms with Crippen LogP contribution in [0.25, 0.3) is 0 Å². The number of carbonyl (C=O) groups is 1. The third-order valence-corrected chi connectivity index (χ3v) is 2.06. The number of hydrogen-bond acceptors (Lipinski definition) is 2. The second-order valence-corrected chi connectivity index (χ2v) is 4.38. The molecule has 0 aromatic carbocycles. The summed E-state index contributed by atoms with van der Waals surface area (Å²) in [7, 11) is 0. The minimum Gasteiger partial charge on any atom is -0.379 e. The number of halogens is 1. The van der Waals surface area contributed by atoms with Gasteiger partial charge >= 0.3 is 0 Å². The zero-order chi connectivity index (χ0) is 10.8. The largest absolute Gasteiger partial charge is 0.379 e. The Morgan fingerprint density at radius 1 is 1.43 bits per heavy atom. The van der Waals surface area contributed by atoms with Gasteiger partial charge < -0.3 is 10.1 Å². The zero-order valence-electron chi connectivity index (χ0n) is 9.01. The van der Waals surface area contributed by atoms with Gasteiger partial charge in [0.2, 0.25) is 5.91 Å². The molecule has 84 valence electrons. The van der Waals surface area contributed by atoms with Gasteiger partial charge in [-0.2, -0.15) is 0 Å². The molecule has 0 radical (unpaired) electrons. The van der Waals surface area contributed by atoms with Crippen molar-refractivity contribution in [1.29, 1.82) is 0 Å². The Morgan fingerprint density at radius 2 is 2.14 bits per heavy atom. The second kappa shape index (κ2) is 9.46. The molecule has 0 aliphatic heterocycles. The van der Waals surface area contributed by atoms with Crippen LogP contribution in [0.4, 0.5) is 0 Å². The molecular formula is C10H20BrNO2. The van der Waals surface area contributed by atoms with E-state index in [0.717, 1.165) is 11.8 Å². The first-order valence-corrected chi connectivity index (χ1v) is 6.19. The van der Waals surface area contributed by atoms with Crippen molar-refractivity contribution in [2.45, 2.75) is 26.7 Å². The fraction of sp³-hybridized carbons (Fsp3) is 0.900. The van der Waals surface area contributed by atoms with Crippen molar-refractivity contribution in [2.75, 3.05) is 25.1 Å². The third-order valence-electron chi connectivity index (χ3n) is 1.74. The van der Waals surface area contributed by atoms with Gasteiger partial charge in [-0.1, -0.05) is 29.8 Å². The van der Waals surface area contributed by atoms with Gasteiger partial charge in [0.15, 0.2) is 0 Å². The fourth-order valence-electron chi connectivity index (χ4n) is 0.927. The molecule has 0 aromatic heterocycles. The molecule has 0 atom stereocenters. The topological polar surface area (TPSA) is 38.3 Å². The highest BCUT2D eigenvalue weighted by Crippen LogP contribution is 2.02. The first-order chi connectivity index (χ1) is 6.66. The van der Waals surface area contributed by atoms with Gasteiger partial charge in [0.25, 0.3) is 0 Å². The van der Waals surface area contributed by atoms with E-state index in [0.29, 0.717) is 32.1 Å². The first kappa shape index (κ1) is 13.9. The van der Waals surface area contributed by atoms with Gasteiger partial charge in [-0.05, 0) is 12.3 Å². The lowest BCUT2D eigenvalue weighted by atomic mass is 10.1. The summed E-state index contributed by atoms with van der Waals surface area (Å²) in [4.78, 5) is 11.2. The molecule has 0 aromatic rings. The molecule has 0 saturated heterocycles. The summed E-state index contributed by atoms with van der Waals surface area (Å²) >= 11 is 3.26. The predicted octanol–water partition coefficient (Wildman–Crippen LogP) is 1.95. The van der Waals surface area contributed by atoms with Crippen LogP contribution in [0.15, 0.2) is 0 Å². The van der Waals surface area contributed by atoms with Crippen LogP contribution in [0.2, 0.25) is 0 Å². The Balaban J connectivity index is 3.18. The number of amides is 1. The van der Waals surface area contributed by atoms with Crippen LogP contribution in [-0.2, 0) is 9.53 Å². The third kappa shape index (κ3) is 9.99. The predicted molar refractivity (Wildman–Crippen MR) is 61.7 cm³/mol. The Hall–Kier alpha value is -0.0900. The van der Waals surface area contributed by atoms with Crippen molar-refractivity contribution >= 4 is 21.8 Å². The van der Waals surface area contributed by atoms with Crippen LogP contribution >= 0.6 is 15.9 Å². The lowest BCUT2D eigenvalue weighted by Gasteiger charge is -2.06. The maximum atomic E-state index is 11.2. The number of nitrogens with one attached hydrogen (secondary N) is 1. The van der Waals surface area contributed by atoms with Crippen molar-refractivity contribution in [1.82, 2.24) is 5.32 Å². The van der Waals surface area contributed by atoms with E-state index in [1.54, 1.807) is 0 Å².